The first-order valence-corrected chi connectivity index (χ1v) is 7.22. The Balaban J connectivity index is 2.04. The van der Waals surface area contributed by atoms with E-state index in [0.29, 0.717) is 18.7 Å². The van der Waals surface area contributed by atoms with Crippen molar-refractivity contribution < 1.29 is 14.7 Å². The first kappa shape index (κ1) is 15.7. The van der Waals surface area contributed by atoms with E-state index in [-0.39, 0.29) is 12.2 Å². The molecule has 0 saturated carbocycles. The molecule has 1 atom stereocenters. The number of likely N-dealkylation sites (N-methyl/N-ethyl adjacent to an activating group) is 1. The number of carboxylic acids is 1. The minimum Gasteiger partial charge on any atom is -0.480 e. The summed E-state index contributed by atoms with van der Waals surface area (Å²) in [6, 6.07) is 6.55. The number of piperazine rings is 1. The molecule has 1 heterocycles. The number of carboxylic acid groups (broad SMARTS) is 1. The van der Waals surface area contributed by atoms with Crippen LogP contribution in [-0.2, 0) is 4.79 Å². The first-order valence-electron chi connectivity index (χ1n) is 7.22. The van der Waals surface area contributed by atoms with Gasteiger partial charge in [0.25, 0.3) is 0 Å². The Labute approximate surface area is 125 Å². The van der Waals surface area contributed by atoms with E-state index in [1.807, 2.05) is 31.0 Å². The first-order chi connectivity index (χ1) is 9.97. The third-order valence-corrected chi connectivity index (χ3v) is 4.02. The molecule has 0 radical (unpaired) electrons. The molecule has 1 aromatic carbocycles. The monoisotopic (exact) mass is 290 g/mol. The number of Topliss-reactive ketones (excluding diaryl/α,β-unsaturated/α-hetero) is 1. The van der Waals surface area contributed by atoms with Crippen LogP contribution < -0.4 is 0 Å². The van der Waals surface area contributed by atoms with E-state index in [9.17, 15) is 14.7 Å². The van der Waals surface area contributed by atoms with E-state index >= 15 is 0 Å². The third-order valence-electron chi connectivity index (χ3n) is 4.02. The van der Waals surface area contributed by atoms with Gasteiger partial charge in [0.15, 0.2) is 5.78 Å². The standard InChI is InChI=1S/C16H22N2O3/c1-12-3-5-13(6-4-12)15(19)11-14(16(20)21)18-9-7-17(2)8-10-18/h3-6,14H,7-11H2,1-2H3,(H,20,21)/t14-/m0/s1. The third kappa shape index (κ3) is 4.12. The van der Waals surface area contributed by atoms with Crippen molar-refractivity contribution in [3.8, 4) is 0 Å². The van der Waals surface area contributed by atoms with Crippen molar-refractivity contribution in [1.82, 2.24) is 9.80 Å². The van der Waals surface area contributed by atoms with E-state index in [0.717, 1.165) is 18.7 Å². The number of aliphatic carboxylic acids is 1. The second-order valence-corrected chi connectivity index (χ2v) is 5.69. The quantitative estimate of drug-likeness (QED) is 0.828. The summed E-state index contributed by atoms with van der Waals surface area (Å²) in [5.74, 6) is -1.03. The van der Waals surface area contributed by atoms with Gasteiger partial charge in [0, 0.05) is 38.2 Å². The van der Waals surface area contributed by atoms with Gasteiger partial charge in [-0.15, -0.1) is 0 Å². The fourth-order valence-corrected chi connectivity index (χ4v) is 2.54. The zero-order valence-corrected chi connectivity index (χ0v) is 12.6. The highest BCUT2D eigenvalue weighted by Gasteiger charge is 2.30. The molecule has 5 nitrogen and oxygen atoms in total. The van der Waals surface area contributed by atoms with Crippen molar-refractivity contribution in [1.29, 1.82) is 0 Å². The molecule has 1 fully saturated rings. The molecule has 1 saturated heterocycles. The van der Waals surface area contributed by atoms with Crippen molar-refractivity contribution in [2.75, 3.05) is 33.2 Å². The van der Waals surface area contributed by atoms with Crippen LogP contribution in [0.3, 0.4) is 0 Å². The molecule has 0 aliphatic carbocycles. The largest absolute Gasteiger partial charge is 0.480 e. The summed E-state index contributed by atoms with van der Waals surface area (Å²) in [5.41, 5.74) is 1.67. The predicted octanol–water partition coefficient (Wildman–Crippen LogP) is 1.27. The van der Waals surface area contributed by atoms with Crippen LogP contribution in [0.4, 0.5) is 0 Å². The van der Waals surface area contributed by atoms with Gasteiger partial charge < -0.3 is 10.0 Å². The van der Waals surface area contributed by atoms with Crippen LogP contribution in [0.2, 0.25) is 0 Å². The highest BCUT2D eigenvalue weighted by molar-refractivity contribution is 5.98. The highest BCUT2D eigenvalue weighted by Crippen LogP contribution is 2.14. The van der Waals surface area contributed by atoms with E-state index in [4.69, 9.17) is 0 Å². The van der Waals surface area contributed by atoms with E-state index < -0.39 is 12.0 Å². The molecule has 114 valence electrons. The van der Waals surface area contributed by atoms with Gasteiger partial charge >= 0.3 is 5.97 Å². The molecule has 2 rings (SSSR count). The fourth-order valence-electron chi connectivity index (χ4n) is 2.54. The van der Waals surface area contributed by atoms with Gasteiger partial charge in [0.05, 0.1) is 0 Å². The van der Waals surface area contributed by atoms with Crippen LogP contribution in [-0.4, -0.2) is 65.9 Å². The predicted molar refractivity (Wildman–Crippen MR) is 80.6 cm³/mol. The Bertz CT molecular complexity index is 505. The number of aryl methyl sites for hydroxylation is 1. The Morgan fingerprint density at radius 1 is 1.14 bits per heavy atom. The lowest BCUT2D eigenvalue weighted by atomic mass is 10.0. The SMILES string of the molecule is Cc1ccc(C(=O)C[C@@H](C(=O)O)N2CCN(C)CC2)cc1. The fraction of sp³-hybridized carbons (Fsp3) is 0.500. The number of ketones is 1. The van der Waals surface area contributed by atoms with Crippen molar-refractivity contribution in [3.05, 3.63) is 35.4 Å². The summed E-state index contributed by atoms with van der Waals surface area (Å²) in [6.07, 6.45) is 0.0299. The van der Waals surface area contributed by atoms with Gasteiger partial charge in [0.2, 0.25) is 0 Å². The Morgan fingerprint density at radius 3 is 2.24 bits per heavy atom. The minimum atomic E-state index is -0.917. The van der Waals surface area contributed by atoms with Gasteiger partial charge in [-0.25, -0.2) is 0 Å². The Hall–Kier alpha value is -1.72. The molecule has 1 N–H and O–H groups in total. The molecule has 21 heavy (non-hydrogen) atoms. The van der Waals surface area contributed by atoms with Crippen molar-refractivity contribution in [3.63, 3.8) is 0 Å². The number of carbonyl (C=O) groups excluding carboxylic acids is 1. The summed E-state index contributed by atoms with van der Waals surface area (Å²) in [4.78, 5) is 27.8. The molecule has 0 amide bonds. The van der Waals surface area contributed by atoms with Gasteiger partial charge in [-0.3, -0.25) is 14.5 Å². The van der Waals surface area contributed by atoms with Gasteiger partial charge in [-0.2, -0.15) is 0 Å². The number of rotatable bonds is 5. The van der Waals surface area contributed by atoms with Crippen molar-refractivity contribution in [2.24, 2.45) is 0 Å². The van der Waals surface area contributed by atoms with E-state index in [1.54, 1.807) is 12.1 Å². The maximum Gasteiger partial charge on any atom is 0.321 e. The summed E-state index contributed by atoms with van der Waals surface area (Å²) in [5, 5.41) is 9.42. The van der Waals surface area contributed by atoms with Gasteiger partial charge in [-0.1, -0.05) is 29.8 Å². The molecule has 1 aromatic rings. The van der Waals surface area contributed by atoms with Crippen molar-refractivity contribution in [2.45, 2.75) is 19.4 Å². The smallest absolute Gasteiger partial charge is 0.321 e. The average Bonchev–Trinajstić information content (AvgIpc) is 2.46. The molecule has 1 aliphatic heterocycles. The van der Waals surface area contributed by atoms with Crippen molar-refractivity contribution >= 4 is 11.8 Å². The second-order valence-electron chi connectivity index (χ2n) is 5.69. The summed E-state index contributed by atoms with van der Waals surface area (Å²) >= 11 is 0. The lowest BCUT2D eigenvalue weighted by Gasteiger charge is -2.35. The molecule has 0 unspecified atom stereocenters. The maximum atomic E-state index is 12.3. The number of hydrogen-bond acceptors (Lipinski definition) is 4. The zero-order chi connectivity index (χ0) is 15.4. The highest BCUT2D eigenvalue weighted by atomic mass is 16.4. The zero-order valence-electron chi connectivity index (χ0n) is 12.6. The van der Waals surface area contributed by atoms with E-state index in [1.165, 1.54) is 0 Å². The number of carbonyl (C=O) groups is 2. The molecule has 0 aromatic heterocycles. The minimum absolute atomic E-state index is 0.0299. The molecule has 0 spiro atoms. The topological polar surface area (TPSA) is 60.9 Å². The van der Waals surface area contributed by atoms with Crippen LogP contribution >= 0.6 is 0 Å². The average molecular weight is 290 g/mol. The second kappa shape index (κ2) is 6.83. The molecule has 1 aliphatic rings. The van der Waals surface area contributed by atoms with Crippen LogP contribution in [0.5, 0.6) is 0 Å². The molecular formula is C16H22N2O3. The normalized spacial score (nSPS) is 18.4. The Kier molecular flexibility index (Phi) is 5.09. The van der Waals surface area contributed by atoms with Gasteiger partial charge in [0.1, 0.15) is 6.04 Å². The number of nitrogens with zero attached hydrogens (tertiary/aromatic N) is 2. The Morgan fingerprint density at radius 2 is 1.71 bits per heavy atom. The van der Waals surface area contributed by atoms with E-state index in [2.05, 4.69) is 4.90 Å². The van der Waals surface area contributed by atoms with Crippen LogP contribution in [0, 0.1) is 6.92 Å². The van der Waals surface area contributed by atoms with Crippen LogP contribution in [0.25, 0.3) is 0 Å². The molecule has 5 heteroatoms. The summed E-state index contributed by atoms with van der Waals surface area (Å²) in [6.45, 7) is 5.01. The maximum absolute atomic E-state index is 12.3. The molecule has 0 bridgehead atoms. The lowest BCUT2D eigenvalue weighted by Crippen LogP contribution is -2.52. The number of hydrogen-bond donors (Lipinski definition) is 1. The van der Waals surface area contributed by atoms with Gasteiger partial charge in [-0.05, 0) is 14.0 Å². The molecular weight excluding hydrogens is 268 g/mol. The van der Waals surface area contributed by atoms with Crippen LogP contribution in [0.15, 0.2) is 24.3 Å². The number of benzene rings is 1. The lowest BCUT2D eigenvalue weighted by molar-refractivity contribution is -0.143. The van der Waals surface area contributed by atoms with Crippen LogP contribution in [0.1, 0.15) is 22.3 Å². The summed E-state index contributed by atoms with van der Waals surface area (Å²) < 4.78 is 0. The summed E-state index contributed by atoms with van der Waals surface area (Å²) in [7, 11) is 2.02.